The molecule has 1 N–H and O–H groups in total. The van der Waals surface area contributed by atoms with E-state index in [4.69, 9.17) is 4.52 Å². The number of hydrogen-bond acceptors (Lipinski definition) is 6. The van der Waals surface area contributed by atoms with Crippen LogP contribution in [0.15, 0.2) is 28.8 Å². The average molecular weight is 307 g/mol. The van der Waals surface area contributed by atoms with E-state index in [0.717, 1.165) is 19.1 Å². The second kappa shape index (κ2) is 4.96. The van der Waals surface area contributed by atoms with Crippen LogP contribution in [-0.4, -0.2) is 30.7 Å². The molecule has 0 radical (unpaired) electrons. The highest BCUT2D eigenvalue weighted by atomic mass is 32.2. The third-order valence-corrected chi connectivity index (χ3v) is 3.59. The first-order valence-corrected chi connectivity index (χ1v) is 8.28. The summed E-state index contributed by atoms with van der Waals surface area (Å²) in [5.74, 6) is 0.662. The Hall–Kier alpha value is -2.22. The van der Waals surface area contributed by atoms with Crippen molar-refractivity contribution in [2.45, 2.75) is 18.8 Å². The second-order valence-electron chi connectivity index (χ2n) is 5.01. The highest BCUT2D eigenvalue weighted by Crippen LogP contribution is 2.39. The molecule has 0 spiro atoms. The molecule has 1 aromatic carbocycles. The maximum absolute atomic E-state index is 11.8. The van der Waals surface area contributed by atoms with Crippen molar-refractivity contribution in [2.24, 2.45) is 0 Å². The van der Waals surface area contributed by atoms with Gasteiger partial charge in [-0.1, -0.05) is 17.3 Å². The summed E-state index contributed by atoms with van der Waals surface area (Å²) < 4.78 is 29.2. The van der Waals surface area contributed by atoms with E-state index in [2.05, 4.69) is 10.1 Å². The predicted molar refractivity (Wildman–Crippen MR) is 74.0 cm³/mol. The Labute approximate surface area is 121 Å². The second-order valence-corrected chi connectivity index (χ2v) is 6.76. The van der Waals surface area contributed by atoms with Crippen molar-refractivity contribution in [1.29, 1.82) is 0 Å². The van der Waals surface area contributed by atoms with Crippen LogP contribution in [0.1, 0.15) is 35.0 Å². The minimum absolute atomic E-state index is 0.218. The van der Waals surface area contributed by atoms with Crippen molar-refractivity contribution in [3.8, 4) is 11.4 Å². The molecule has 21 heavy (non-hydrogen) atoms. The van der Waals surface area contributed by atoms with Gasteiger partial charge < -0.3 is 4.52 Å². The number of carbonyl (C=O) groups excluding carboxylic acids is 1. The van der Waals surface area contributed by atoms with Crippen LogP contribution in [-0.2, 0) is 10.0 Å². The van der Waals surface area contributed by atoms with Crippen LogP contribution in [0.25, 0.3) is 11.4 Å². The Balaban J connectivity index is 1.86. The van der Waals surface area contributed by atoms with Gasteiger partial charge in [-0.2, -0.15) is 4.98 Å². The number of hydrogen-bond donors (Lipinski definition) is 1. The third kappa shape index (κ3) is 3.27. The number of aromatic nitrogens is 2. The Morgan fingerprint density at radius 3 is 2.81 bits per heavy atom. The zero-order valence-electron chi connectivity index (χ0n) is 11.2. The molecule has 1 aliphatic rings. The summed E-state index contributed by atoms with van der Waals surface area (Å²) in [6.45, 7) is 0. The van der Waals surface area contributed by atoms with E-state index in [9.17, 15) is 13.2 Å². The van der Waals surface area contributed by atoms with E-state index in [-0.39, 0.29) is 5.56 Å². The molecule has 0 bridgehead atoms. The van der Waals surface area contributed by atoms with E-state index in [1.165, 1.54) is 12.1 Å². The molecule has 0 saturated heterocycles. The van der Waals surface area contributed by atoms with E-state index >= 15 is 0 Å². The van der Waals surface area contributed by atoms with Gasteiger partial charge in [0.25, 0.3) is 5.91 Å². The van der Waals surface area contributed by atoms with Gasteiger partial charge in [-0.15, -0.1) is 0 Å². The predicted octanol–water partition coefficient (Wildman–Crippen LogP) is 1.30. The number of carbonyl (C=O) groups is 1. The van der Waals surface area contributed by atoms with Crippen molar-refractivity contribution in [3.05, 3.63) is 35.7 Å². The monoisotopic (exact) mass is 307 g/mol. The van der Waals surface area contributed by atoms with Crippen molar-refractivity contribution in [2.75, 3.05) is 6.26 Å². The Bertz CT molecular complexity index is 793. The maximum Gasteiger partial charge on any atom is 0.264 e. The quantitative estimate of drug-likeness (QED) is 0.913. The molecular formula is C13H13N3O4S. The van der Waals surface area contributed by atoms with Crippen LogP contribution in [0.2, 0.25) is 0 Å². The van der Waals surface area contributed by atoms with Crippen LogP contribution >= 0.6 is 0 Å². The molecule has 1 amide bonds. The van der Waals surface area contributed by atoms with Crippen LogP contribution in [0.3, 0.4) is 0 Å². The third-order valence-electron chi connectivity index (χ3n) is 3.03. The van der Waals surface area contributed by atoms with Gasteiger partial charge in [0.05, 0.1) is 6.26 Å². The van der Waals surface area contributed by atoms with E-state index < -0.39 is 15.9 Å². The van der Waals surface area contributed by atoms with Crippen molar-refractivity contribution in [3.63, 3.8) is 0 Å². The summed E-state index contributed by atoms with van der Waals surface area (Å²) in [6, 6.07) is 6.42. The smallest absolute Gasteiger partial charge is 0.264 e. The first-order chi connectivity index (χ1) is 9.92. The topological polar surface area (TPSA) is 102 Å². The molecule has 3 rings (SSSR count). The normalized spacial score (nSPS) is 14.9. The Morgan fingerprint density at radius 2 is 2.14 bits per heavy atom. The molecule has 1 heterocycles. The van der Waals surface area contributed by atoms with Gasteiger partial charge in [0.1, 0.15) is 0 Å². The number of sulfonamides is 1. The summed E-state index contributed by atoms with van der Waals surface area (Å²) in [4.78, 5) is 16.1. The lowest BCUT2D eigenvalue weighted by molar-refractivity contribution is 0.0981. The van der Waals surface area contributed by atoms with Crippen LogP contribution in [0.4, 0.5) is 0 Å². The molecule has 1 aliphatic carbocycles. The molecule has 0 atom stereocenters. The molecule has 7 nitrogen and oxygen atoms in total. The lowest BCUT2D eigenvalue weighted by atomic mass is 10.1. The zero-order valence-corrected chi connectivity index (χ0v) is 12.1. The van der Waals surface area contributed by atoms with Gasteiger partial charge in [-0.25, -0.2) is 13.1 Å². The van der Waals surface area contributed by atoms with Crippen molar-refractivity contribution >= 4 is 15.9 Å². The van der Waals surface area contributed by atoms with E-state index in [1.54, 1.807) is 12.1 Å². The van der Waals surface area contributed by atoms with Crippen LogP contribution < -0.4 is 4.72 Å². The molecule has 1 saturated carbocycles. The number of rotatable bonds is 4. The van der Waals surface area contributed by atoms with Gasteiger partial charge in [-0.3, -0.25) is 4.79 Å². The Kier molecular flexibility index (Phi) is 3.25. The van der Waals surface area contributed by atoms with Gasteiger partial charge in [0, 0.05) is 17.0 Å². The SMILES string of the molecule is CS(=O)(=O)NC(=O)c1cccc(-c2noc(C3CC3)n2)c1. The minimum Gasteiger partial charge on any atom is -0.339 e. The largest absolute Gasteiger partial charge is 0.339 e. The van der Waals surface area contributed by atoms with Crippen molar-refractivity contribution < 1.29 is 17.7 Å². The number of nitrogens with one attached hydrogen (secondary N) is 1. The molecule has 110 valence electrons. The molecule has 0 unspecified atom stereocenters. The molecule has 1 fully saturated rings. The lowest BCUT2D eigenvalue weighted by Gasteiger charge is -2.03. The average Bonchev–Trinajstić information content (AvgIpc) is 3.15. The van der Waals surface area contributed by atoms with Gasteiger partial charge in [-0.05, 0) is 25.0 Å². The maximum atomic E-state index is 11.8. The standard InChI is InChI=1S/C13H13N3O4S/c1-21(18,19)16-12(17)10-4-2-3-9(7-10)11-14-13(20-15-11)8-5-6-8/h2-4,7-8H,5-6H2,1H3,(H,16,17). The number of nitrogens with zero attached hydrogens (tertiary/aromatic N) is 2. The summed E-state index contributed by atoms with van der Waals surface area (Å²) in [5, 5.41) is 3.89. The van der Waals surface area contributed by atoms with Crippen LogP contribution in [0, 0.1) is 0 Å². The molecule has 1 aromatic heterocycles. The van der Waals surface area contributed by atoms with Gasteiger partial charge in [0.15, 0.2) is 0 Å². The first kappa shape index (κ1) is 13.7. The summed E-state index contributed by atoms with van der Waals surface area (Å²) in [7, 11) is -3.60. The zero-order chi connectivity index (χ0) is 15.0. The van der Waals surface area contributed by atoms with E-state index in [1.807, 2.05) is 4.72 Å². The van der Waals surface area contributed by atoms with E-state index in [0.29, 0.717) is 23.2 Å². The first-order valence-electron chi connectivity index (χ1n) is 6.38. The molecule has 2 aromatic rings. The van der Waals surface area contributed by atoms with Gasteiger partial charge in [0.2, 0.25) is 21.7 Å². The fourth-order valence-electron chi connectivity index (χ4n) is 1.88. The minimum atomic E-state index is -3.60. The van der Waals surface area contributed by atoms with Crippen LogP contribution in [0.5, 0.6) is 0 Å². The molecule has 0 aliphatic heterocycles. The highest BCUT2D eigenvalue weighted by molar-refractivity contribution is 7.89. The number of amides is 1. The molecule has 8 heteroatoms. The Morgan fingerprint density at radius 1 is 1.38 bits per heavy atom. The fourth-order valence-corrected chi connectivity index (χ4v) is 2.33. The summed E-state index contributed by atoms with van der Waals surface area (Å²) >= 11 is 0. The summed E-state index contributed by atoms with van der Waals surface area (Å²) in [5.41, 5.74) is 0.822. The van der Waals surface area contributed by atoms with Crippen molar-refractivity contribution in [1.82, 2.24) is 14.9 Å². The summed E-state index contributed by atoms with van der Waals surface area (Å²) in [6.07, 6.45) is 3.03. The highest BCUT2D eigenvalue weighted by Gasteiger charge is 2.29. The fraction of sp³-hybridized carbons (Fsp3) is 0.308. The number of benzene rings is 1. The van der Waals surface area contributed by atoms with Gasteiger partial charge >= 0.3 is 0 Å². The molecular weight excluding hydrogens is 294 g/mol. The lowest BCUT2D eigenvalue weighted by Crippen LogP contribution is -2.29.